The van der Waals surface area contributed by atoms with Crippen molar-refractivity contribution in [3.05, 3.63) is 35.4 Å². The Morgan fingerprint density at radius 1 is 1.33 bits per heavy atom. The van der Waals surface area contributed by atoms with Gasteiger partial charge in [0.15, 0.2) is 0 Å². The third kappa shape index (κ3) is 3.70. The van der Waals surface area contributed by atoms with Gasteiger partial charge >= 0.3 is 0 Å². The highest BCUT2D eigenvalue weighted by molar-refractivity contribution is 5.16. The third-order valence-corrected chi connectivity index (χ3v) is 5.02. The molecule has 132 valence electrons. The molecule has 0 spiro atoms. The molecular formula is C18H29N5O. The monoisotopic (exact) mass is 331 g/mol. The number of aromatic nitrogens is 4. The average Bonchev–Trinajstić information content (AvgIpc) is 3.22. The van der Waals surface area contributed by atoms with Crippen molar-refractivity contribution >= 4 is 0 Å². The molecule has 0 saturated carbocycles. The molecule has 6 nitrogen and oxygen atoms in total. The topological polar surface area (TPSA) is 59.1 Å². The molecule has 2 aromatic rings. The normalized spacial score (nSPS) is 20.2. The fourth-order valence-electron chi connectivity index (χ4n) is 3.53. The van der Waals surface area contributed by atoms with E-state index in [-0.39, 0.29) is 0 Å². The molecular weight excluding hydrogens is 302 g/mol. The largest absolute Gasteiger partial charge is 0.388 e. The second-order valence-corrected chi connectivity index (χ2v) is 7.28. The van der Waals surface area contributed by atoms with E-state index in [2.05, 4.69) is 42.1 Å². The summed E-state index contributed by atoms with van der Waals surface area (Å²) < 4.78 is 3.79. The molecule has 2 aromatic heterocycles. The van der Waals surface area contributed by atoms with Crippen molar-refractivity contribution in [3.63, 3.8) is 0 Å². The van der Waals surface area contributed by atoms with Crippen molar-refractivity contribution in [3.8, 4) is 0 Å². The van der Waals surface area contributed by atoms with Crippen molar-refractivity contribution in [2.24, 2.45) is 7.05 Å². The van der Waals surface area contributed by atoms with E-state index in [1.807, 2.05) is 17.9 Å². The number of rotatable bonds is 6. The zero-order valence-electron chi connectivity index (χ0n) is 15.2. The summed E-state index contributed by atoms with van der Waals surface area (Å²) in [5, 5.41) is 19.3. The van der Waals surface area contributed by atoms with Crippen LogP contribution in [0, 0.1) is 6.92 Å². The molecule has 1 aliphatic rings. The van der Waals surface area contributed by atoms with Crippen LogP contribution in [0.4, 0.5) is 0 Å². The van der Waals surface area contributed by atoms with Crippen molar-refractivity contribution < 1.29 is 5.11 Å². The van der Waals surface area contributed by atoms with Gasteiger partial charge in [0.2, 0.25) is 0 Å². The van der Waals surface area contributed by atoms with Gasteiger partial charge in [-0.3, -0.25) is 14.3 Å². The zero-order chi connectivity index (χ0) is 17.3. The van der Waals surface area contributed by atoms with Crippen LogP contribution in [-0.4, -0.2) is 42.2 Å². The summed E-state index contributed by atoms with van der Waals surface area (Å²) in [6.45, 7) is 8.40. The van der Waals surface area contributed by atoms with Gasteiger partial charge in [0.05, 0.1) is 18.0 Å². The summed E-state index contributed by atoms with van der Waals surface area (Å²) in [6, 6.07) is 0.807. The maximum absolute atomic E-state index is 10.5. The Bertz CT molecular complexity index is 675. The van der Waals surface area contributed by atoms with Crippen molar-refractivity contribution in [1.82, 2.24) is 24.5 Å². The minimum atomic E-state index is -0.441. The van der Waals surface area contributed by atoms with Gasteiger partial charge in [-0.2, -0.15) is 10.2 Å². The number of hydrogen-bond donors (Lipinski definition) is 1. The Labute approximate surface area is 144 Å². The van der Waals surface area contributed by atoms with E-state index in [1.165, 1.54) is 12.0 Å². The number of hydrogen-bond acceptors (Lipinski definition) is 4. The first-order valence-electron chi connectivity index (χ1n) is 8.89. The Morgan fingerprint density at radius 2 is 2.12 bits per heavy atom. The first kappa shape index (κ1) is 17.2. The molecule has 0 amide bonds. The Morgan fingerprint density at radius 3 is 2.75 bits per heavy atom. The predicted octanol–water partition coefficient (Wildman–Crippen LogP) is 2.59. The molecule has 0 radical (unpaired) electrons. The molecule has 1 fully saturated rings. The van der Waals surface area contributed by atoms with E-state index in [1.54, 1.807) is 10.9 Å². The van der Waals surface area contributed by atoms with E-state index in [9.17, 15) is 5.11 Å². The molecule has 3 rings (SSSR count). The van der Waals surface area contributed by atoms with Gasteiger partial charge in [-0.1, -0.05) is 0 Å². The zero-order valence-corrected chi connectivity index (χ0v) is 15.2. The molecule has 0 aliphatic carbocycles. The van der Waals surface area contributed by atoms with Crippen LogP contribution >= 0.6 is 0 Å². The lowest BCUT2D eigenvalue weighted by Crippen LogP contribution is -2.30. The Balaban J connectivity index is 1.65. The van der Waals surface area contributed by atoms with E-state index in [4.69, 9.17) is 0 Å². The number of likely N-dealkylation sites (tertiary alicyclic amines) is 1. The molecule has 24 heavy (non-hydrogen) atoms. The molecule has 2 atom stereocenters. The van der Waals surface area contributed by atoms with E-state index in [0.717, 1.165) is 37.2 Å². The van der Waals surface area contributed by atoms with Crippen LogP contribution in [0.5, 0.6) is 0 Å². The lowest BCUT2D eigenvalue weighted by Gasteiger charge is -2.26. The van der Waals surface area contributed by atoms with Crippen LogP contribution in [0.25, 0.3) is 0 Å². The highest BCUT2D eigenvalue weighted by atomic mass is 16.3. The van der Waals surface area contributed by atoms with Crippen molar-refractivity contribution in [1.29, 1.82) is 0 Å². The summed E-state index contributed by atoms with van der Waals surface area (Å²) >= 11 is 0. The molecule has 0 unspecified atom stereocenters. The number of aryl methyl sites for hydroxylation is 2. The summed E-state index contributed by atoms with van der Waals surface area (Å²) in [5.74, 6) is 0. The third-order valence-electron chi connectivity index (χ3n) is 5.02. The molecule has 3 heterocycles. The van der Waals surface area contributed by atoms with E-state index >= 15 is 0 Å². The van der Waals surface area contributed by atoms with Crippen LogP contribution in [-0.2, 0) is 13.6 Å². The molecule has 1 saturated heterocycles. The molecule has 0 aromatic carbocycles. The van der Waals surface area contributed by atoms with Crippen LogP contribution in [0.2, 0.25) is 0 Å². The van der Waals surface area contributed by atoms with Gasteiger partial charge < -0.3 is 5.11 Å². The SMILES string of the molecule is Cc1nn(C(C)C)cc1CN1CCC[C@H]1C[C@@H](O)c1cnn(C)c1. The van der Waals surface area contributed by atoms with Crippen LogP contribution in [0.3, 0.4) is 0 Å². The van der Waals surface area contributed by atoms with E-state index < -0.39 is 6.10 Å². The first-order valence-corrected chi connectivity index (χ1v) is 8.89. The number of aliphatic hydroxyl groups is 1. The minimum Gasteiger partial charge on any atom is -0.388 e. The summed E-state index contributed by atoms with van der Waals surface area (Å²) in [4.78, 5) is 2.49. The summed E-state index contributed by atoms with van der Waals surface area (Å²) in [5.41, 5.74) is 3.32. The van der Waals surface area contributed by atoms with Crippen LogP contribution < -0.4 is 0 Å². The lowest BCUT2D eigenvalue weighted by atomic mass is 10.0. The predicted molar refractivity (Wildman–Crippen MR) is 93.6 cm³/mol. The molecule has 6 heteroatoms. The summed E-state index contributed by atoms with van der Waals surface area (Å²) in [6.07, 6.45) is 8.51. The second-order valence-electron chi connectivity index (χ2n) is 7.28. The van der Waals surface area contributed by atoms with Crippen molar-refractivity contribution in [2.75, 3.05) is 6.54 Å². The van der Waals surface area contributed by atoms with Crippen molar-refractivity contribution in [2.45, 2.75) is 64.8 Å². The fourth-order valence-corrected chi connectivity index (χ4v) is 3.53. The standard InChI is InChI=1S/C18H29N5O/c1-13(2)23-12-16(14(3)20-23)11-22-7-5-6-17(22)8-18(24)15-9-19-21(4)10-15/h9-10,12-13,17-18,24H,5-8,11H2,1-4H3/t17-,18+/m0/s1. The van der Waals surface area contributed by atoms with Crippen LogP contribution in [0.1, 0.15) is 62.1 Å². The summed E-state index contributed by atoms with van der Waals surface area (Å²) in [7, 11) is 1.88. The average molecular weight is 331 g/mol. The molecule has 0 bridgehead atoms. The highest BCUT2D eigenvalue weighted by Gasteiger charge is 2.28. The first-order chi connectivity index (χ1) is 11.4. The van der Waals surface area contributed by atoms with Gasteiger partial charge in [0.25, 0.3) is 0 Å². The highest BCUT2D eigenvalue weighted by Crippen LogP contribution is 2.29. The Hall–Kier alpha value is -1.66. The molecule has 1 aliphatic heterocycles. The van der Waals surface area contributed by atoms with Gasteiger partial charge in [-0.15, -0.1) is 0 Å². The van der Waals surface area contributed by atoms with E-state index in [0.29, 0.717) is 12.1 Å². The van der Waals surface area contributed by atoms with Gasteiger partial charge in [0, 0.05) is 49.2 Å². The maximum Gasteiger partial charge on any atom is 0.0835 e. The van der Waals surface area contributed by atoms with Gasteiger partial charge in [0.1, 0.15) is 0 Å². The Kier molecular flexibility index (Phi) is 5.06. The minimum absolute atomic E-state index is 0.388. The maximum atomic E-state index is 10.5. The second kappa shape index (κ2) is 7.07. The number of aliphatic hydroxyl groups excluding tert-OH is 1. The molecule has 1 N–H and O–H groups in total. The smallest absolute Gasteiger partial charge is 0.0835 e. The van der Waals surface area contributed by atoms with Gasteiger partial charge in [-0.05, 0) is 46.6 Å². The number of nitrogens with zero attached hydrogens (tertiary/aromatic N) is 5. The lowest BCUT2D eigenvalue weighted by molar-refractivity contribution is 0.118. The quantitative estimate of drug-likeness (QED) is 0.884. The van der Waals surface area contributed by atoms with Crippen LogP contribution in [0.15, 0.2) is 18.6 Å². The van der Waals surface area contributed by atoms with Gasteiger partial charge in [-0.25, -0.2) is 0 Å². The fraction of sp³-hybridized carbons (Fsp3) is 0.667.